The fourth-order valence-corrected chi connectivity index (χ4v) is 5.96. The maximum Gasteiger partial charge on any atom is 0.243 e. The van der Waals surface area contributed by atoms with Gasteiger partial charge in [0.2, 0.25) is 10.0 Å². The van der Waals surface area contributed by atoms with Crippen LogP contribution in [0.25, 0.3) is 0 Å². The van der Waals surface area contributed by atoms with E-state index >= 15 is 0 Å². The van der Waals surface area contributed by atoms with Crippen molar-refractivity contribution in [2.75, 3.05) is 13.1 Å². The summed E-state index contributed by atoms with van der Waals surface area (Å²) < 4.78 is 27.3. The summed E-state index contributed by atoms with van der Waals surface area (Å²) in [5, 5.41) is -0.0722. The molecule has 116 valence electrons. The summed E-state index contributed by atoms with van der Waals surface area (Å²) in [6, 6.07) is 7.09. The van der Waals surface area contributed by atoms with Gasteiger partial charge in [-0.05, 0) is 43.7 Å². The molecule has 1 aromatic carbocycles. The van der Waals surface area contributed by atoms with Crippen LogP contribution in [0.2, 0.25) is 0 Å². The lowest BCUT2D eigenvalue weighted by molar-refractivity contribution is 0.155. The van der Waals surface area contributed by atoms with E-state index in [-0.39, 0.29) is 10.8 Å². The van der Waals surface area contributed by atoms with Crippen LogP contribution in [0.5, 0.6) is 0 Å². The Hall–Kier alpha value is -0.580. The molecule has 5 heteroatoms. The molecule has 21 heavy (non-hydrogen) atoms. The van der Waals surface area contributed by atoms with Crippen LogP contribution in [0.15, 0.2) is 29.2 Å². The van der Waals surface area contributed by atoms with Crippen LogP contribution >= 0.6 is 11.6 Å². The van der Waals surface area contributed by atoms with Crippen molar-refractivity contribution in [2.45, 2.75) is 49.3 Å². The molecule has 3 rings (SSSR count). The molecular weight excluding hydrogens is 306 g/mol. The molecule has 1 unspecified atom stereocenters. The summed E-state index contributed by atoms with van der Waals surface area (Å²) in [6.45, 7) is 3.02. The second-order valence-electron chi connectivity index (χ2n) is 6.62. The Morgan fingerprint density at radius 2 is 1.81 bits per heavy atom. The topological polar surface area (TPSA) is 37.4 Å². The number of rotatable bonds is 2. The van der Waals surface area contributed by atoms with Gasteiger partial charge in [-0.2, -0.15) is 4.31 Å². The molecule has 0 bridgehead atoms. The average Bonchev–Trinajstić information content (AvgIpc) is 2.86. The van der Waals surface area contributed by atoms with Crippen LogP contribution in [-0.2, 0) is 10.0 Å². The Labute approximate surface area is 132 Å². The summed E-state index contributed by atoms with van der Waals surface area (Å²) in [5.41, 5.74) is 1.18. The molecule has 1 heterocycles. The first-order chi connectivity index (χ1) is 9.91. The quantitative estimate of drug-likeness (QED) is 0.779. The largest absolute Gasteiger partial charge is 0.243 e. The Morgan fingerprint density at radius 1 is 1.19 bits per heavy atom. The number of nitrogens with zero attached hydrogens (tertiary/aromatic N) is 1. The van der Waals surface area contributed by atoms with Gasteiger partial charge in [-0.15, -0.1) is 11.6 Å². The van der Waals surface area contributed by atoms with E-state index in [1.54, 1.807) is 16.4 Å². The van der Waals surface area contributed by atoms with Crippen LogP contribution in [-0.4, -0.2) is 31.2 Å². The monoisotopic (exact) mass is 327 g/mol. The molecule has 1 atom stereocenters. The molecule has 2 aliphatic rings. The highest BCUT2D eigenvalue weighted by Gasteiger charge is 2.44. The van der Waals surface area contributed by atoms with Crippen molar-refractivity contribution >= 4 is 21.6 Å². The fourth-order valence-electron chi connectivity index (χ4n) is 3.79. The fraction of sp³-hybridized carbons (Fsp3) is 0.625. The number of alkyl halides is 1. The SMILES string of the molecule is Cc1ccc(S(=O)(=O)N2CC(Cl)CC3(CCCC3)C2)cc1. The van der Waals surface area contributed by atoms with Gasteiger partial charge in [0, 0.05) is 18.5 Å². The zero-order valence-corrected chi connectivity index (χ0v) is 14.0. The van der Waals surface area contributed by atoms with Gasteiger partial charge in [0.1, 0.15) is 0 Å². The summed E-state index contributed by atoms with van der Waals surface area (Å²) in [7, 11) is -3.43. The highest BCUT2D eigenvalue weighted by molar-refractivity contribution is 7.89. The third-order valence-electron chi connectivity index (χ3n) is 4.89. The lowest BCUT2D eigenvalue weighted by atomic mass is 9.79. The number of sulfonamides is 1. The maximum atomic E-state index is 12.9. The highest BCUT2D eigenvalue weighted by atomic mass is 35.5. The van der Waals surface area contributed by atoms with Gasteiger partial charge in [0.25, 0.3) is 0 Å². The lowest BCUT2D eigenvalue weighted by Crippen LogP contribution is -2.49. The zero-order chi connectivity index (χ0) is 15.1. The smallest absolute Gasteiger partial charge is 0.207 e. The molecule has 1 saturated heterocycles. The van der Waals surface area contributed by atoms with Crippen LogP contribution in [0.1, 0.15) is 37.7 Å². The van der Waals surface area contributed by atoms with Gasteiger partial charge >= 0.3 is 0 Å². The molecule has 1 aliphatic carbocycles. The van der Waals surface area contributed by atoms with E-state index in [1.807, 2.05) is 19.1 Å². The Morgan fingerprint density at radius 3 is 2.43 bits per heavy atom. The highest BCUT2D eigenvalue weighted by Crippen LogP contribution is 2.46. The molecule has 1 aromatic rings. The molecule has 0 aromatic heterocycles. The van der Waals surface area contributed by atoms with Crippen molar-refractivity contribution < 1.29 is 8.42 Å². The number of piperidine rings is 1. The molecule has 0 N–H and O–H groups in total. The number of aryl methyl sites for hydroxylation is 1. The minimum atomic E-state index is -3.43. The summed E-state index contributed by atoms with van der Waals surface area (Å²) in [5.74, 6) is 0. The van der Waals surface area contributed by atoms with Crippen molar-refractivity contribution in [3.8, 4) is 0 Å². The van der Waals surface area contributed by atoms with E-state index in [0.29, 0.717) is 18.0 Å². The third kappa shape index (κ3) is 2.99. The first kappa shape index (κ1) is 15.3. The third-order valence-corrected chi connectivity index (χ3v) is 7.01. The van der Waals surface area contributed by atoms with Crippen LogP contribution < -0.4 is 0 Å². The van der Waals surface area contributed by atoms with Gasteiger partial charge in [-0.25, -0.2) is 8.42 Å². The predicted molar refractivity (Wildman–Crippen MR) is 85.1 cm³/mol. The van der Waals surface area contributed by atoms with Gasteiger partial charge in [-0.3, -0.25) is 0 Å². The lowest BCUT2D eigenvalue weighted by Gasteiger charge is -2.42. The number of benzene rings is 1. The molecule has 1 spiro atoms. The minimum Gasteiger partial charge on any atom is -0.207 e. The molecule has 1 aliphatic heterocycles. The van der Waals surface area contributed by atoms with Gasteiger partial charge in [0.15, 0.2) is 0 Å². The number of halogens is 1. The van der Waals surface area contributed by atoms with Crippen molar-refractivity contribution in [3.05, 3.63) is 29.8 Å². The van der Waals surface area contributed by atoms with E-state index in [4.69, 9.17) is 11.6 Å². The molecule has 0 amide bonds. The molecule has 0 radical (unpaired) electrons. The zero-order valence-electron chi connectivity index (χ0n) is 12.4. The molecule has 1 saturated carbocycles. The minimum absolute atomic E-state index is 0.0722. The van der Waals surface area contributed by atoms with E-state index in [9.17, 15) is 8.42 Å². The van der Waals surface area contributed by atoms with Crippen molar-refractivity contribution in [2.24, 2.45) is 5.41 Å². The van der Waals surface area contributed by atoms with Crippen molar-refractivity contribution in [1.29, 1.82) is 0 Å². The second kappa shape index (κ2) is 5.56. The summed E-state index contributed by atoms with van der Waals surface area (Å²) in [6.07, 6.45) is 5.56. The first-order valence-corrected chi connectivity index (χ1v) is 9.50. The van der Waals surface area contributed by atoms with Crippen LogP contribution in [0, 0.1) is 12.3 Å². The number of hydrogen-bond donors (Lipinski definition) is 0. The average molecular weight is 328 g/mol. The molecule has 3 nitrogen and oxygen atoms in total. The van der Waals surface area contributed by atoms with E-state index in [0.717, 1.165) is 24.8 Å². The summed E-state index contributed by atoms with van der Waals surface area (Å²) in [4.78, 5) is 0.381. The Balaban J connectivity index is 1.89. The van der Waals surface area contributed by atoms with Gasteiger partial charge in [0.05, 0.1) is 4.90 Å². The molecule has 2 fully saturated rings. The van der Waals surface area contributed by atoms with E-state index in [2.05, 4.69) is 0 Å². The molecular formula is C16H22ClNO2S. The van der Waals surface area contributed by atoms with Crippen molar-refractivity contribution in [3.63, 3.8) is 0 Å². The number of hydrogen-bond acceptors (Lipinski definition) is 2. The maximum absolute atomic E-state index is 12.9. The standard InChI is InChI=1S/C16H22ClNO2S/c1-13-4-6-15(7-5-13)21(19,20)18-11-14(17)10-16(12-18)8-2-3-9-16/h4-7,14H,2-3,8-12H2,1H3. The van der Waals surface area contributed by atoms with E-state index in [1.165, 1.54) is 12.8 Å². The predicted octanol–water partition coefficient (Wildman–Crippen LogP) is 3.56. The Kier molecular flexibility index (Phi) is 4.06. The Bertz CT molecular complexity index is 606. The van der Waals surface area contributed by atoms with Gasteiger partial charge in [-0.1, -0.05) is 30.5 Å². The van der Waals surface area contributed by atoms with E-state index < -0.39 is 10.0 Å². The van der Waals surface area contributed by atoms with Gasteiger partial charge < -0.3 is 0 Å². The van der Waals surface area contributed by atoms with Crippen LogP contribution in [0.3, 0.4) is 0 Å². The van der Waals surface area contributed by atoms with Crippen LogP contribution in [0.4, 0.5) is 0 Å². The second-order valence-corrected chi connectivity index (χ2v) is 9.17. The summed E-state index contributed by atoms with van der Waals surface area (Å²) >= 11 is 6.39. The normalized spacial score (nSPS) is 26.3. The van der Waals surface area contributed by atoms with Crippen molar-refractivity contribution in [1.82, 2.24) is 4.31 Å². The first-order valence-electron chi connectivity index (χ1n) is 7.62.